The molecule has 0 radical (unpaired) electrons. The zero-order valence-electron chi connectivity index (χ0n) is 7.73. The monoisotopic (exact) mass is 144 g/mol. The largest absolute Gasteiger partial charge is 0.327 e. The van der Waals surface area contributed by atoms with Crippen molar-refractivity contribution in [2.45, 2.75) is 46.2 Å². The van der Waals surface area contributed by atoms with Crippen molar-refractivity contribution in [2.24, 2.45) is 16.9 Å². The molecule has 0 saturated heterocycles. The zero-order valence-corrected chi connectivity index (χ0v) is 7.73. The SMILES string of the molecule is C[C@@H](N)C(C)(C)C(C)(C)N. The van der Waals surface area contributed by atoms with E-state index in [4.69, 9.17) is 11.5 Å². The highest BCUT2D eigenvalue weighted by Crippen LogP contribution is 2.30. The van der Waals surface area contributed by atoms with Crippen LogP contribution in [0.5, 0.6) is 0 Å². The van der Waals surface area contributed by atoms with E-state index in [1.54, 1.807) is 0 Å². The van der Waals surface area contributed by atoms with Crippen LogP contribution in [0.3, 0.4) is 0 Å². The van der Waals surface area contributed by atoms with E-state index in [1.807, 2.05) is 20.8 Å². The molecule has 0 bridgehead atoms. The predicted octanol–water partition coefficient (Wildman–Crippen LogP) is 1.10. The van der Waals surface area contributed by atoms with Crippen LogP contribution in [0.2, 0.25) is 0 Å². The summed E-state index contributed by atoms with van der Waals surface area (Å²) in [5, 5.41) is 0. The van der Waals surface area contributed by atoms with Gasteiger partial charge in [0.2, 0.25) is 0 Å². The van der Waals surface area contributed by atoms with Gasteiger partial charge in [-0.2, -0.15) is 0 Å². The third-order valence-corrected chi connectivity index (χ3v) is 2.80. The molecule has 0 aromatic rings. The third kappa shape index (κ3) is 1.70. The van der Waals surface area contributed by atoms with E-state index in [2.05, 4.69) is 13.8 Å². The fraction of sp³-hybridized carbons (Fsp3) is 1.00. The Labute approximate surface area is 64.0 Å². The molecule has 0 saturated carbocycles. The van der Waals surface area contributed by atoms with Crippen molar-refractivity contribution in [1.29, 1.82) is 0 Å². The smallest absolute Gasteiger partial charge is 0.0163 e. The molecule has 0 aliphatic carbocycles. The topological polar surface area (TPSA) is 52.0 Å². The summed E-state index contributed by atoms with van der Waals surface area (Å²) in [5.74, 6) is 0. The molecule has 0 aromatic heterocycles. The molecule has 62 valence electrons. The number of nitrogens with two attached hydrogens (primary N) is 2. The van der Waals surface area contributed by atoms with E-state index in [0.29, 0.717) is 0 Å². The molecule has 0 spiro atoms. The molecule has 0 amide bonds. The van der Waals surface area contributed by atoms with Gasteiger partial charge in [-0.3, -0.25) is 0 Å². The maximum absolute atomic E-state index is 5.93. The standard InChI is InChI=1S/C8H20N2/c1-6(9)7(2,3)8(4,5)10/h6H,9-10H2,1-5H3/t6-/m1/s1. The van der Waals surface area contributed by atoms with Crippen LogP contribution < -0.4 is 11.5 Å². The van der Waals surface area contributed by atoms with Gasteiger partial charge >= 0.3 is 0 Å². The summed E-state index contributed by atoms with van der Waals surface area (Å²) >= 11 is 0. The first-order valence-electron chi connectivity index (χ1n) is 3.74. The quantitative estimate of drug-likeness (QED) is 0.609. The molecule has 4 N–H and O–H groups in total. The minimum Gasteiger partial charge on any atom is -0.327 e. The molecule has 0 heterocycles. The lowest BCUT2D eigenvalue weighted by molar-refractivity contribution is 0.166. The summed E-state index contributed by atoms with van der Waals surface area (Å²) in [6.07, 6.45) is 0. The van der Waals surface area contributed by atoms with Crippen LogP contribution in [0.25, 0.3) is 0 Å². The highest BCUT2D eigenvalue weighted by atomic mass is 14.8. The van der Waals surface area contributed by atoms with Crippen molar-refractivity contribution < 1.29 is 0 Å². The first-order valence-corrected chi connectivity index (χ1v) is 3.74. The van der Waals surface area contributed by atoms with Gasteiger partial charge in [-0.05, 0) is 26.2 Å². The zero-order chi connectivity index (χ0) is 8.58. The molecule has 0 aliphatic rings. The maximum Gasteiger partial charge on any atom is 0.0163 e. The Morgan fingerprint density at radius 2 is 1.40 bits per heavy atom. The van der Waals surface area contributed by atoms with E-state index in [-0.39, 0.29) is 17.0 Å². The van der Waals surface area contributed by atoms with Gasteiger partial charge in [-0.15, -0.1) is 0 Å². The summed E-state index contributed by atoms with van der Waals surface area (Å²) in [7, 11) is 0. The van der Waals surface area contributed by atoms with E-state index in [9.17, 15) is 0 Å². The van der Waals surface area contributed by atoms with Crippen molar-refractivity contribution in [1.82, 2.24) is 0 Å². The number of hydrogen-bond donors (Lipinski definition) is 2. The van der Waals surface area contributed by atoms with Gasteiger partial charge in [0, 0.05) is 11.6 Å². The second kappa shape index (κ2) is 2.51. The summed E-state index contributed by atoms with van der Waals surface area (Å²) in [5.41, 5.74) is 11.5. The first-order chi connectivity index (χ1) is 4.19. The first kappa shape index (κ1) is 9.92. The normalized spacial score (nSPS) is 17.1. The van der Waals surface area contributed by atoms with E-state index in [0.717, 1.165) is 0 Å². The van der Waals surface area contributed by atoms with Gasteiger partial charge in [0.15, 0.2) is 0 Å². The Morgan fingerprint density at radius 3 is 1.40 bits per heavy atom. The second-order valence-electron chi connectivity index (χ2n) is 4.23. The third-order valence-electron chi connectivity index (χ3n) is 2.80. The molecule has 2 nitrogen and oxygen atoms in total. The van der Waals surface area contributed by atoms with Crippen LogP contribution in [-0.2, 0) is 0 Å². The van der Waals surface area contributed by atoms with Gasteiger partial charge in [0.05, 0.1) is 0 Å². The Kier molecular flexibility index (Phi) is 2.49. The Morgan fingerprint density at radius 1 is 1.10 bits per heavy atom. The highest BCUT2D eigenvalue weighted by Gasteiger charge is 2.36. The molecule has 1 atom stereocenters. The van der Waals surface area contributed by atoms with Crippen LogP contribution in [0.15, 0.2) is 0 Å². The lowest BCUT2D eigenvalue weighted by atomic mass is 9.71. The van der Waals surface area contributed by atoms with Crippen LogP contribution in [-0.4, -0.2) is 11.6 Å². The van der Waals surface area contributed by atoms with Gasteiger partial charge < -0.3 is 11.5 Å². The summed E-state index contributed by atoms with van der Waals surface area (Å²) in [4.78, 5) is 0. The minimum atomic E-state index is -0.207. The number of hydrogen-bond acceptors (Lipinski definition) is 2. The Bertz CT molecular complexity index is 109. The average molecular weight is 144 g/mol. The average Bonchev–Trinajstić information content (AvgIpc) is 1.62. The second-order valence-corrected chi connectivity index (χ2v) is 4.23. The van der Waals surface area contributed by atoms with Crippen molar-refractivity contribution in [3.8, 4) is 0 Å². The molecule has 0 aromatic carbocycles. The summed E-state index contributed by atoms with van der Waals surface area (Å²) in [6.45, 7) is 10.2. The van der Waals surface area contributed by atoms with Gasteiger partial charge in [0.25, 0.3) is 0 Å². The van der Waals surface area contributed by atoms with Crippen molar-refractivity contribution in [3.63, 3.8) is 0 Å². The molecular formula is C8H20N2. The van der Waals surface area contributed by atoms with Crippen molar-refractivity contribution in [2.75, 3.05) is 0 Å². The van der Waals surface area contributed by atoms with E-state index < -0.39 is 0 Å². The molecule has 0 fully saturated rings. The molecule has 2 heteroatoms. The molecule has 0 rings (SSSR count). The van der Waals surface area contributed by atoms with Gasteiger partial charge in [-0.1, -0.05) is 13.8 Å². The number of rotatable bonds is 2. The molecular weight excluding hydrogens is 124 g/mol. The van der Waals surface area contributed by atoms with Crippen molar-refractivity contribution >= 4 is 0 Å². The van der Waals surface area contributed by atoms with Crippen LogP contribution in [0.4, 0.5) is 0 Å². The fourth-order valence-electron chi connectivity index (χ4n) is 0.587. The summed E-state index contributed by atoms with van der Waals surface area (Å²) in [6, 6.07) is 0.132. The predicted molar refractivity (Wildman–Crippen MR) is 45.7 cm³/mol. The van der Waals surface area contributed by atoms with E-state index >= 15 is 0 Å². The lowest BCUT2D eigenvalue weighted by Crippen LogP contribution is -2.55. The van der Waals surface area contributed by atoms with E-state index in [1.165, 1.54) is 0 Å². The Hall–Kier alpha value is -0.0800. The molecule has 10 heavy (non-hydrogen) atoms. The maximum atomic E-state index is 5.93. The van der Waals surface area contributed by atoms with Gasteiger partial charge in [-0.25, -0.2) is 0 Å². The minimum absolute atomic E-state index is 0.00694. The van der Waals surface area contributed by atoms with Crippen LogP contribution in [0.1, 0.15) is 34.6 Å². The van der Waals surface area contributed by atoms with Crippen LogP contribution >= 0.6 is 0 Å². The summed E-state index contributed by atoms with van der Waals surface area (Å²) < 4.78 is 0. The van der Waals surface area contributed by atoms with Crippen molar-refractivity contribution in [3.05, 3.63) is 0 Å². The van der Waals surface area contributed by atoms with Gasteiger partial charge in [0.1, 0.15) is 0 Å². The highest BCUT2D eigenvalue weighted by molar-refractivity contribution is 4.94. The molecule has 0 aliphatic heterocycles. The lowest BCUT2D eigenvalue weighted by Gasteiger charge is -2.41. The Balaban J connectivity index is 4.40. The molecule has 0 unspecified atom stereocenters. The fourth-order valence-corrected chi connectivity index (χ4v) is 0.587. The van der Waals surface area contributed by atoms with Crippen LogP contribution in [0, 0.1) is 5.41 Å².